The fraction of sp³-hybridized carbons (Fsp3) is 0.375. The quantitative estimate of drug-likeness (QED) is 0.803. The molecule has 7 heteroatoms. The van der Waals surface area contributed by atoms with Crippen LogP contribution in [-0.4, -0.2) is 43.1 Å². The lowest BCUT2D eigenvalue weighted by atomic mass is 10.1. The molecule has 0 unspecified atom stereocenters. The first kappa shape index (κ1) is 17.8. The third-order valence-electron chi connectivity index (χ3n) is 3.36. The molecule has 0 fully saturated rings. The molecule has 1 heterocycles. The van der Waals surface area contributed by atoms with Gasteiger partial charge in [0.15, 0.2) is 0 Å². The highest BCUT2D eigenvalue weighted by Gasteiger charge is 2.24. The molecule has 0 spiro atoms. The van der Waals surface area contributed by atoms with Crippen molar-refractivity contribution >= 4 is 29.1 Å². The molecular weight excluding hydrogens is 337 g/mol. The Morgan fingerprint density at radius 1 is 1.30 bits per heavy atom. The van der Waals surface area contributed by atoms with Crippen LogP contribution in [0.25, 0.3) is 11.3 Å². The first-order chi connectivity index (χ1) is 10.9. The fourth-order valence-corrected chi connectivity index (χ4v) is 2.80. The lowest BCUT2D eigenvalue weighted by Gasteiger charge is -2.10. The number of nitrogens with zero attached hydrogens (tertiary/aromatic N) is 2. The zero-order valence-corrected chi connectivity index (χ0v) is 14.8. The number of amides is 1. The highest BCUT2D eigenvalue weighted by atomic mass is 35.5. The number of carbonyl (C=O) groups excluding carboxylic acids is 1. The maximum atomic E-state index is 12.5. The van der Waals surface area contributed by atoms with Gasteiger partial charge in [-0.25, -0.2) is 0 Å². The zero-order chi connectivity index (χ0) is 17.0. The van der Waals surface area contributed by atoms with Crippen LogP contribution in [0.15, 0.2) is 22.7 Å². The second-order valence-corrected chi connectivity index (χ2v) is 6.29. The van der Waals surface area contributed by atoms with Crippen molar-refractivity contribution in [2.75, 3.05) is 27.2 Å². The third-order valence-corrected chi connectivity index (χ3v) is 3.99. The van der Waals surface area contributed by atoms with Gasteiger partial charge < -0.3 is 14.7 Å². The number of aryl methyl sites for hydroxylation is 1. The molecule has 23 heavy (non-hydrogen) atoms. The van der Waals surface area contributed by atoms with Gasteiger partial charge in [0.1, 0.15) is 17.0 Å². The van der Waals surface area contributed by atoms with E-state index in [2.05, 4.69) is 15.4 Å². The van der Waals surface area contributed by atoms with Gasteiger partial charge in [-0.05, 0) is 46.1 Å². The molecule has 0 saturated carbocycles. The fourth-order valence-electron chi connectivity index (χ4n) is 2.22. The van der Waals surface area contributed by atoms with E-state index in [-0.39, 0.29) is 5.91 Å². The molecule has 124 valence electrons. The SMILES string of the molecule is Cc1onc(-c2c(Cl)cccc2Cl)c1C(=O)NCCCN(C)C. The number of benzene rings is 1. The highest BCUT2D eigenvalue weighted by molar-refractivity contribution is 6.39. The number of rotatable bonds is 6. The van der Waals surface area contributed by atoms with Crippen molar-refractivity contribution in [2.24, 2.45) is 0 Å². The summed E-state index contributed by atoms with van der Waals surface area (Å²) in [7, 11) is 3.98. The maximum absolute atomic E-state index is 12.5. The largest absolute Gasteiger partial charge is 0.360 e. The maximum Gasteiger partial charge on any atom is 0.257 e. The van der Waals surface area contributed by atoms with Crippen molar-refractivity contribution < 1.29 is 9.32 Å². The van der Waals surface area contributed by atoms with Crippen LogP contribution in [0.2, 0.25) is 10.0 Å². The van der Waals surface area contributed by atoms with Gasteiger partial charge in [-0.1, -0.05) is 34.4 Å². The van der Waals surface area contributed by atoms with Gasteiger partial charge in [0.25, 0.3) is 5.91 Å². The molecule has 1 amide bonds. The van der Waals surface area contributed by atoms with Crippen molar-refractivity contribution in [1.29, 1.82) is 0 Å². The van der Waals surface area contributed by atoms with Crippen LogP contribution in [0.4, 0.5) is 0 Å². The van der Waals surface area contributed by atoms with Crippen molar-refractivity contribution in [3.63, 3.8) is 0 Å². The number of hydrogen-bond donors (Lipinski definition) is 1. The van der Waals surface area contributed by atoms with Crippen LogP contribution >= 0.6 is 23.2 Å². The molecule has 1 N–H and O–H groups in total. The Morgan fingerprint density at radius 3 is 2.57 bits per heavy atom. The van der Waals surface area contributed by atoms with Crippen LogP contribution < -0.4 is 5.32 Å². The number of halogens is 2. The molecule has 0 aliphatic heterocycles. The Balaban J connectivity index is 2.24. The normalized spacial score (nSPS) is 11.0. The van der Waals surface area contributed by atoms with Crippen molar-refractivity contribution in [3.05, 3.63) is 39.6 Å². The third kappa shape index (κ3) is 4.25. The van der Waals surface area contributed by atoms with Crippen molar-refractivity contribution in [1.82, 2.24) is 15.4 Å². The van der Waals surface area contributed by atoms with Gasteiger partial charge >= 0.3 is 0 Å². The molecule has 1 aromatic heterocycles. The summed E-state index contributed by atoms with van der Waals surface area (Å²) in [6.07, 6.45) is 0.852. The molecule has 0 radical (unpaired) electrons. The lowest BCUT2D eigenvalue weighted by molar-refractivity contribution is 0.0951. The van der Waals surface area contributed by atoms with Crippen LogP contribution in [0.5, 0.6) is 0 Å². The van der Waals surface area contributed by atoms with Crippen LogP contribution in [0.3, 0.4) is 0 Å². The van der Waals surface area contributed by atoms with Gasteiger partial charge in [-0.15, -0.1) is 0 Å². The van der Waals surface area contributed by atoms with E-state index in [0.29, 0.717) is 39.2 Å². The number of nitrogens with one attached hydrogen (secondary N) is 1. The van der Waals surface area contributed by atoms with Crippen LogP contribution in [0.1, 0.15) is 22.5 Å². The van der Waals surface area contributed by atoms with Gasteiger partial charge in [0.05, 0.1) is 10.0 Å². The summed E-state index contributed by atoms with van der Waals surface area (Å²) in [5, 5.41) is 7.70. The number of hydrogen-bond acceptors (Lipinski definition) is 4. The van der Waals surface area contributed by atoms with Crippen LogP contribution in [0, 0.1) is 6.92 Å². The van der Waals surface area contributed by atoms with E-state index < -0.39 is 0 Å². The summed E-state index contributed by atoms with van der Waals surface area (Å²) in [5.41, 5.74) is 1.24. The lowest BCUT2D eigenvalue weighted by Crippen LogP contribution is -2.27. The van der Waals surface area contributed by atoms with Crippen molar-refractivity contribution in [2.45, 2.75) is 13.3 Å². The van der Waals surface area contributed by atoms with Gasteiger partial charge in [-0.3, -0.25) is 4.79 Å². The standard InChI is InChI=1S/C16H19Cl2N3O2/c1-10-13(16(22)19-8-5-9-21(2)3)15(20-23-10)14-11(17)6-4-7-12(14)18/h4,6-7H,5,8-9H2,1-3H3,(H,19,22). The molecule has 0 atom stereocenters. The first-order valence-corrected chi connectivity index (χ1v) is 8.01. The molecule has 5 nitrogen and oxygen atoms in total. The van der Waals surface area contributed by atoms with Crippen LogP contribution in [-0.2, 0) is 0 Å². The summed E-state index contributed by atoms with van der Waals surface area (Å²) in [6, 6.07) is 5.14. The second kappa shape index (κ2) is 7.81. The molecule has 0 saturated heterocycles. The zero-order valence-electron chi connectivity index (χ0n) is 13.3. The average molecular weight is 356 g/mol. The summed E-state index contributed by atoms with van der Waals surface area (Å²) < 4.78 is 5.19. The van der Waals surface area contributed by atoms with E-state index in [9.17, 15) is 4.79 Å². The molecule has 2 rings (SSSR count). The molecule has 1 aromatic carbocycles. The Hall–Kier alpha value is -1.56. The molecule has 2 aromatic rings. The van der Waals surface area contributed by atoms with E-state index in [1.165, 1.54) is 0 Å². The summed E-state index contributed by atoms with van der Waals surface area (Å²) in [4.78, 5) is 14.5. The monoisotopic (exact) mass is 355 g/mol. The van der Waals surface area contributed by atoms with Gasteiger partial charge in [-0.2, -0.15) is 0 Å². The van der Waals surface area contributed by atoms with E-state index >= 15 is 0 Å². The Kier molecular flexibility index (Phi) is 6.04. The summed E-state index contributed by atoms with van der Waals surface area (Å²) >= 11 is 12.4. The Labute approximate surface area is 145 Å². The Bertz CT molecular complexity index is 678. The summed E-state index contributed by atoms with van der Waals surface area (Å²) in [6.45, 7) is 3.15. The van der Waals surface area contributed by atoms with Gasteiger partial charge in [0.2, 0.25) is 0 Å². The second-order valence-electron chi connectivity index (χ2n) is 5.47. The highest BCUT2D eigenvalue weighted by Crippen LogP contribution is 2.36. The molecule has 0 bridgehead atoms. The van der Waals surface area contributed by atoms with E-state index in [1.54, 1.807) is 25.1 Å². The first-order valence-electron chi connectivity index (χ1n) is 7.25. The number of carbonyl (C=O) groups is 1. The molecule has 0 aliphatic rings. The smallest absolute Gasteiger partial charge is 0.257 e. The predicted molar refractivity (Wildman–Crippen MR) is 92.2 cm³/mol. The topological polar surface area (TPSA) is 58.4 Å². The van der Waals surface area contributed by atoms with E-state index in [4.69, 9.17) is 27.7 Å². The van der Waals surface area contributed by atoms with Gasteiger partial charge in [0, 0.05) is 12.1 Å². The number of aromatic nitrogens is 1. The minimum atomic E-state index is -0.242. The summed E-state index contributed by atoms with van der Waals surface area (Å²) in [5.74, 6) is 0.189. The predicted octanol–water partition coefficient (Wildman–Crippen LogP) is 3.64. The average Bonchev–Trinajstić information content (AvgIpc) is 2.85. The van der Waals surface area contributed by atoms with Crippen molar-refractivity contribution in [3.8, 4) is 11.3 Å². The molecule has 0 aliphatic carbocycles. The minimum Gasteiger partial charge on any atom is -0.360 e. The van der Waals surface area contributed by atoms with E-state index in [0.717, 1.165) is 13.0 Å². The minimum absolute atomic E-state index is 0.242. The molecular formula is C16H19Cl2N3O2. The Morgan fingerprint density at radius 2 is 1.96 bits per heavy atom. The van der Waals surface area contributed by atoms with E-state index in [1.807, 2.05) is 14.1 Å².